The zero-order chi connectivity index (χ0) is 24.4. The molecular weight excluding hydrogens is 462 g/mol. The topological polar surface area (TPSA) is 99.3 Å². The molecule has 10 heteroatoms. The van der Waals surface area contributed by atoms with Gasteiger partial charge in [-0.3, -0.25) is 5.10 Å². The van der Waals surface area contributed by atoms with Crippen LogP contribution < -0.4 is 5.32 Å². The third-order valence-corrected chi connectivity index (χ3v) is 7.89. The van der Waals surface area contributed by atoms with Crippen LogP contribution in [0, 0.1) is 0 Å². The summed E-state index contributed by atoms with van der Waals surface area (Å²) >= 11 is 1.67. The van der Waals surface area contributed by atoms with E-state index in [9.17, 15) is 4.79 Å². The number of ether oxygens (including phenoxy) is 1. The Labute approximate surface area is 208 Å². The van der Waals surface area contributed by atoms with Gasteiger partial charge in [0, 0.05) is 42.5 Å². The zero-order valence-electron chi connectivity index (χ0n) is 20.4. The van der Waals surface area contributed by atoms with E-state index in [1.807, 2.05) is 25.4 Å². The summed E-state index contributed by atoms with van der Waals surface area (Å²) in [6, 6.07) is 6.07. The molecule has 9 nitrogen and oxygen atoms in total. The van der Waals surface area contributed by atoms with Gasteiger partial charge in [0.05, 0.1) is 17.1 Å². The minimum atomic E-state index is -0.247. The van der Waals surface area contributed by atoms with Crippen molar-refractivity contribution in [3.05, 3.63) is 41.2 Å². The Morgan fingerprint density at radius 1 is 1.26 bits per heavy atom. The molecule has 1 aliphatic rings. The molecule has 0 spiro atoms. The number of H-pyrrole nitrogens is 1. The maximum absolute atomic E-state index is 12.7. The molecule has 3 heterocycles. The number of hydrogen-bond donors (Lipinski definition) is 2. The number of anilines is 2. The lowest BCUT2D eigenvalue weighted by Gasteiger charge is -2.27. The van der Waals surface area contributed by atoms with Crippen LogP contribution in [0.3, 0.4) is 0 Å². The molecule has 184 valence electrons. The van der Waals surface area contributed by atoms with Gasteiger partial charge in [-0.15, -0.1) is 11.3 Å². The number of thiophene rings is 1. The Morgan fingerprint density at radius 3 is 2.94 bits per heavy atom. The Bertz CT molecular complexity index is 1330. The van der Waals surface area contributed by atoms with Crippen molar-refractivity contribution in [1.29, 1.82) is 0 Å². The number of aromatic amines is 1. The van der Waals surface area contributed by atoms with Gasteiger partial charge in [-0.2, -0.15) is 5.10 Å². The van der Waals surface area contributed by atoms with Crippen LogP contribution in [0.15, 0.2) is 30.7 Å². The van der Waals surface area contributed by atoms with E-state index in [1.165, 1.54) is 10.4 Å². The Morgan fingerprint density at radius 2 is 2.11 bits per heavy atom. The molecule has 0 aliphatic heterocycles. The smallest absolute Gasteiger partial charge is 0.409 e. The lowest BCUT2D eigenvalue weighted by molar-refractivity contribution is 0.0611. The number of hydrogen-bond acceptors (Lipinski definition) is 8. The second kappa shape index (κ2) is 10.2. The number of carbonyl (C=O) groups is 1. The highest BCUT2D eigenvalue weighted by Gasteiger charge is 2.28. The number of nitrogens with one attached hydrogen (secondary N) is 2. The predicted molar refractivity (Wildman–Crippen MR) is 140 cm³/mol. The molecule has 0 radical (unpaired) electrons. The summed E-state index contributed by atoms with van der Waals surface area (Å²) in [5.74, 6) is 0.807. The van der Waals surface area contributed by atoms with Crippen molar-refractivity contribution >= 4 is 50.1 Å². The van der Waals surface area contributed by atoms with Crippen molar-refractivity contribution in [1.82, 2.24) is 30.0 Å². The first-order chi connectivity index (χ1) is 17.1. The van der Waals surface area contributed by atoms with E-state index in [1.54, 1.807) is 22.6 Å². The number of rotatable bonds is 8. The maximum atomic E-state index is 12.7. The fraction of sp³-hybridized carbons (Fsp3) is 0.440. The Kier molecular flexibility index (Phi) is 6.83. The molecule has 1 amide bonds. The zero-order valence-corrected chi connectivity index (χ0v) is 21.2. The fourth-order valence-electron chi connectivity index (χ4n) is 4.59. The number of carbonyl (C=O) groups excluding carboxylic acids is 1. The SMILES string of the molecule is CCN(CC)CCN(C)C(=O)OC1CCc2c(sc3ncnc(Nc4ccc5[nH]ncc5c4)c23)C1. The summed E-state index contributed by atoms with van der Waals surface area (Å²) in [6.07, 6.45) is 5.39. The van der Waals surface area contributed by atoms with Gasteiger partial charge in [-0.05, 0) is 49.7 Å². The average Bonchev–Trinajstić information content (AvgIpc) is 3.48. The summed E-state index contributed by atoms with van der Waals surface area (Å²) in [5.41, 5.74) is 3.21. The molecule has 35 heavy (non-hydrogen) atoms. The van der Waals surface area contributed by atoms with Crippen LogP contribution in [0.5, 0.6) is 0 Å². The molecule has 1 atom stereocenters. The Hall–Kier alpha value is -3.24. The van der Waals surface area contributed by atoms with Crippen molar-refractivity contribution in [2.24, 2.45) is 0 Å². The van der Waals surface area contributed by atoms with E-state index in [-0.39, 0.29) is 12.2 Å². The van der Waals surface area contributed by atoms with Crippen molar-refractivity contribution in [3.63, 3.8) is 0 Å². The molecule has 5 rings (SSSR count). The molecule has 1 aromatic carbocycles. The normalized spacial score (nSPS) is 15.5. The van der Waals surface area contributed by atoms with Gasteiger partial charge < -0.3 is 19.9 Å². The van der Waals surface area contributed by atoms with E-state index >= 15 is 0 Å². The molecule has 3 aromatic heterocycles. The standard InChI is InChI=1S/C25H31N7O2S/c1-4-32(5-2)11-10-31(3)25(33)34-18-7-8-19-21(13-18)35-24-22(19)23(26-15-27-24)29-17-6-9-20-16(12-17)14-28-30-20/h6,9,12,14-15,18H,4-5,7-8,10-11,13H2,1-3H3,(H,28,30)(H,26,27,29). The molecule has 1 aliphatic carbocycles. The number of nitrogens with zero attached hydrogens (tertiary/aromatic N) is 5. The van der Waals surface area contributed by atoms with E-state index < -0.39 is 0 Å². The van der Waals surface area contributed by atoms with E-state index in [2.05, 4.69) is 50.3 Å². The van der Waals surface area contributed by atoms with Crippen molar-refractivity contribution in [2.75, 3.05) is 38.5 Å². The maximum Gasteiger partial charge on any atom is 0.409 e. The van der Waals surface area contributed by atoms with Gasteiger partial charge >= 0.3 is 6.09 Å². The number of aryl methyl sites for hydroxylation is 1. The van der Waals surface area contributed by atoms with Crippen LogP contribution in [0.2, 0.25) is 0 Å². The molecule has 0 fully saturated rings. The van der Waals surface area contributed by atoms with Crippen LogP contribution in [0.1, 0.15) is 30.7 Å². The van der Waals surface area contributed by atoms with Gasteiger partial charge in [-0.1, -0.05) is 13.8 Å². The number of amides is 1. The van der Waals surface area contributed by atoms with Crippen molar-refractivity contribution < 1.29 is 9.53 Å². The number of benzene rings is 1. The van der Waals surface area contributed by atoms with Gasteiger partial charge in [0.15, 0.2) is 0 Å². The highest BCUT2D eigenvalue weighted by molar-refractivity contribution is 7.19. The van der Waals surface area contributed by atoms with Gasteiger partial charge in [-0.25, -0.2) is 14.8 Å². The van der Waals surface area contributed by atoms with Gasteiger partial charge in [0.25, 0.3) is 0 Å². The van der Waals surface area contributed by atoms with Crippen LogP contribution >= 0.6 is 11.3 Å². The average molecular weight is 494 g/mol. The quantitative estimate of drug-likeness (QED) is 0.371. The first kappa shape index (κ1) is 23.5. The second-order valence-corrected chi connectivity index (χ2v) is 9.98. The minimum Gasteiger partial charge on any atom is -0.446 e. The van der Waals surface area contributed by atoms with E-state index in [4.69, 9.17) is 4.74 Å². The van der Waals surface area contributed by atoms with Crippen LogP contribution in [0.25, 0.3) is 21.1 Å². The van der Waals surface area contributed by atoms with Gasteiger partial charge in [0.2, 0.25) is 0 Å². The highest BCUT2D eigenvalue weighted by atomic mass is 32.1. The first-order valence-electron chi connectivity index (χ1n) is 12.1. The number of likely N-dealkylation sites (N-methyl/N-ethyl adjacent to an activating group) is 2. The van der Waals surface area contributed by atoms with E-state index in [0.717, 1.165) is 65.1 Å². The molecular formula is C25H31N7O2S. The van der Waals surface area contributed by atoms with Gasteiger partial charge in [0.1, 0.15) is 23.1 Å². The first-order valence-corrected chi connectivity index (χ1v) is 13.0. The third kappa shape index (κ3) is 4.94. The van der Waals surface area contributed by atoms with Crippen LogP contribution in [0.4, 0.5) is 16.3 Å². The molecule has 0 bridgehead atoms. The van der Waals surface area contributed by atoms with Crippen molar-refractivity contribution in [3.8, 4) is 0 Å². The molecule has 4 aromatic rings. The summed E-state index contributed by atoms with van der Waals surface area (Å²) in [7, 11) is 1.81. The van der Waals surface area contributed by atoms with Crippen LogP contribution in [-0.2, 0) is 17.6 Å². The second-order valence-electron chi connectivity index (χ2n) is 8.90. The monoisotopic (exact) mass is 493 g/mol. The molecule has 0 saturated carbocycles. The fourth-order valence-corrected chi connectivity index (χ4v) is 5.84. The predicted octanol–water partition coefficient (Wildman–Crippen LogP) is 4.58. The van der Waals surface area contributed by atoms with E-state index in [0.29, 0.717) is 13.0 Å². The lowest BCUT2D eigenvalue weighted by atomic mass is 9.94. The largest absolute Gasteiger partial charge is 0.446 e. The summed E-state index contributed by atoms with van der Waals surface area (Å²) in [4.78, 5) is 27.9. The molecule has 0 saturated heterocycles. The summed E-state index contributed by atoms with van der Waals surface area (Å²) in [5, 5.41) is 12.7. The van der Waals surface area contributed by atoms with Crippen molar-refractivity contribution in [2.45, 2.75) is 39.2 Å². The highest BCUT2D eigenvalue weighted by Crippen LogP contribution is 2.39. The number of aromatic nitrogens is 4. The number of fused-ring (bicyclic) bond motifs is 4. The molecule has 1 unspecified atom stereocenters. The minimum absolute atomic E-state index is 0.119. The Balaban J connectivity index is 1.29. The van der Waals surface area contributed by atoms with Crippen LogP contribution in [-0.4, -0.2) is 75.4 Å². The summed E-state index contributed by atoms with van der Waals surface area (Å²) in [6.45, 7) is 7.75. The summed E-state index contributed by atoms with van der Waals surface area (Å²) < 4.78 is 5.88. The third-order valence-electron chi connectivity index (χ3n) is 6.73. The lowest BCUT2D eigenvalue weighted by Crippen LogP contribution is -2.38. The molecule has 2 N–H and O–H groups in total.